The number of aromatic nitrogens is 1. The molecular formula is C14H18N2S. The molecule has 2 aromatic rings. The van der Waals surface area contributed by atoms with E-state index in [0.29, 0.717) is 0 Å². The lowest BCUT2D eigenvalue weighted by Crippen LogP contribution is -2.03. The summed E-state index contributed by atoms with van der Waals surface area (Å²) in [7, 11) is 0. The van der Waals surface area contributed by atoms with Crippen LogP contribution in [0.25, 0.3) is 10.6 Å². The van der Waals surface area contributed by atoms with Gasteiger partial charge in [-0.05, 0) is 39.8 Å². The molecule has 0 fully saturated rings. The van der Waals surface area contributed by atoms with E-state index in [2.05, 4.69) is 37.0 Å². The van der Waals surface area contributed by atoms with E-state index in [1.165, 1.54) is 21.6 Å². The first kappa shape index (κ1) is 12.3. The summed E-state index contributed by atoms with van der Waals surface area (Å²) >= 11 is 1.70. The minimum atomic E-state index is 0.0622. The fourth-order valence-electron chi connectivity index (χ4n) is 2.05. The Labute approximate surface area is 107 Å². The number of nitrogens with zero attached hydrogens (tertiary/aromatic N) is 1. The van der Waals surface area contributed by atoms with Crippen LogP contribution in [-0.4, -0.2) is 4.98 Å². The summed E-state index contributed by atoms with van der Waals surface area (Å²) in [6, 6.07) is 6.59. The van der Waals surface area contributed by atoms with Crippen LogP contribution in [0.3, 0.4) is 0 Å². The van der Waals surface area contributed by atoms with Gasteiger partial charge in [-0.25, -0.2) is 4.98 Å². The minimum Gasteiger partial charge on any atom is -0.323 e. The number of nitrogens with two attached hydrogens (primary N) is 1. The molecule has 3 heteroatoms. The van der Waals surface area contributed by atoms with Crippen molar-refractivity contribution in [2.24, 2.45) is 5.73 Å². The highest BCUT2D eigenvalue weighted by Crippen LogP contribution is 2.31. The van der Waals surface area contributed by atoms with Crippen molar-refractivity contribution in [1.82, 2.24) is 4.98 Å². The zero-order chi connectivity index (χ0) is 12.6. The van der Waals surface area contributed by atoms with Crippen LogP contribution >= 0.6 is 11.3 Å². The van der Waals surface area contributed by atoms with Crippen molar-refractivity contribution in [1.29, 1.82) is 0 Å². The van der Waals surface area contributed by atoms with Gasteiger partial charge >= 0.3 is 0 Å². The predicted molar refractivity (Wildman–Crippen MR) is 74.4 cm³/mol. The van der Waals surface area contributed by atoms with Crippen LogP contribution in [0.2, 0.25) is 0 Å². The molecule has 0 aliphatic heterocycles. The number of thiazole rings is 1. The van der Waals surface area contributed by atoms with E-state index in [4.69, 9.17) is 5.73 Å². The standard InChI is InChI=1S/C14H18N2S/c1-8-5-9(2)7-12(6-8)14-16-11(4)13(17-14)10(3)15/h5-7,10H,15H2,1-4H3. The van der Waals surface area contributed by atoms with Crippen LogP contribution in [0.5, 0.6) is 0 Å². The predicted octanol–water partition coefficient (Wildman–Crippen LogP) is 3.76. The number of aryl methyl sites for hydroxylation is 3. The summed E-state index contributed by atoms with van der Waals surface area (Å²) in [5, 5.41) is 1.07. The van der Waals surface area contributed by atoms with Crippen molar-refractivity contribution >= 4 is 11.3 Å². The van der Waals surface area contributed by atoms with Gasteiger partial charge in [0.25, 0.3) is 0 Å². The molecule has 90 valence electrons. The number of benzene rings is 1. The van der Waals surface area contributed by atoms with Gasteiger partial charge in [-0.1, -0.05) is 17.2 Å². The first-order chi connectivity index (χ1) is 7.97. The van der Waals surface area contributed by atoms with Crippen LogP contribution in [0.4, 0.5) is 0 Å². The smallest absolute Gasteiger partial charge is 0.123 e. The third-order valence-electron chi connectivity index (χ3n) is 2.71. The lowest BCUT2D eigenvalue weighted by atomic mass is 10.1. The van der Waals surface area contributed by atoms with Gasteiger partial charge in [0, 0.05) is 16.5 Å². The summed E-state index contributed by atoms with van der Waals surface area (Å²) in [5.74, 6) is 0. The average molecular weight is 246 g/mol. The molecule has 2 rings (SSSR count). The second-order valence-electron chi connectivity index (χ2n) is 4.63. The molecule has 2 N–H and O–H groups in total. The number of hydrogen-bond acceptors (Lipinski definition) is 3. The monoisotopic (exact) mass is 246 g/mol. The van der Waals surface area contributed by atoms with Gasteiger partial charge < -0.3 is 5.73 Å². The van der Waals surface area contributed by atoms with Crippen LogP contribution in [0.15, 0.2) is 18.2 Å². The van der Waals surface area contributed by atoms with E-state index < -0.39 is 0 Å². The molecule has 0 amide bonds. The van der Waals surface area contributed by atoms with E-state index in [1.54, 1.807) is 11.3 Å². The fraction of sp³-hybridized carbons (Fsp3) is 0.357. The van der Waals surface area contributed by atoms with Crippen molar-refractivity contribution in [3.63, 3.8) is 0 Å². The van der Waals surface area contributed by atoms with E-state index in [9.17, 15) is 0 Å². The SMILES string of the molecule is Cc1cc(C)cc(-c2nc(C)c(C(C)N)s2)c1. The van der Waals surface area contributed by atoms with E-state index in [1.807, 2.05) is 13.8 Å². The number of rotatable bonds is 2. The van der Waals surface area contributed by atoms with Gasteiger partial charge in [0.1, 0.15) is 5.01 Å². The first-order valence-electron chi connectivity index (χ1n) is 5.79. The third kappa shape index (κ3) is 2.56. The van der Waals surface area contributed by atoms with E-state index in [0.717, 1.165) is 10.7 Å². The molecular weight excluding hydrogens is 228 g/mol. The number of hydrogen-bond donors (Lipinski definition) is 1. The minimum absolute atomic E-state index is 0.0622. The molecule has 1 atom stereocenters. The highest BCUT2D eigenvalue weighted by molar-refractivity contribution is 7.15. The Hall–Kier alpha value is -1.19. The maximum Gasteiger partial charge on any atom is 0.123 e. The summed E-state index contributed by atoms with van der Waals surface area (Å²) < 4.78 is 0. The van der Waals surface area contributed by atoms with Crippen molar-refractivity contribution in [3.05, 3.63) is 39.9 Å². The average Bonchev–Trinajstić information content (AvgIpc) is 2.59. The molecule has 0 saturated carbocycles. The zero-order valence-corrected chi connectivity index (χ0v) is 11.6. The lowest BCUT2D eigenvalue weighted by Gasteiger charge is -2.01. The van der Waals surface area contributed by atoms with Crippen LogP contribution in [-0.2, 0) is 0 Å². The molecule has 0 bridgehead atoms. The largest absolute Gasteiger partial charge is 0.323 e. The van der Waals surface area contributed by atoms with Crippen molar-refractivity contribution in [2.75, 3.05) is 0 Å². The molecule has 0 aliphatic rings. The summed E-state index contributed by atoms with van der Waals surface area (Å²) in [6.45, 7) is 8.26. The van der Waals surface area contributed by atoms with Gasteiger partial charge in [-0.2, -0.15) is 0 Å². The van der Waals surface area contributed by atoms with E-state index in [-0.39, 0.29) is 6.04 Å². The van der Waals surface area contributed by atoms with Gasteiger partial charge in [0.15, 0.2) is 0 Å². The molecule has 0 aliphatic carbocycles. The van der Waals surface area contributed by atoms with Crippen LogP contribution in [0.1, 0.15) is 34.7 Å². The quantitative estimate of drug-likeness (QED) is 0.876. The Balaban J connectivity index is 2.49. The first-order valence-corrected chi connectivity index (χ1v) is 6.60. The molecule has 1 aromatic carbocycles. The third-order valence-corrected chi connectivity index (χ3v) is 4.12. The second kappa shape index (κ2) is 4.59. The van der Waals surface area contributed by atoms with Gasteiger partial charge in [-0.15, -0.1) is 11.3 Å². The molecule has 17 heavy (non-hydrogen) atoms. The fourth-order valence-corrected chi connectivity index (χ4v) is 3.06. The van der Waals surface area contributed by atoms with Gasteiger partial charge in [0.05, 0.1) is 5.69 Å². The maximum atomic E-state index is 5.94. The molecule has 2 nitrogen and oxygen atoms in total. The molecule has 0 saturated heterocycles. The lowest BCUT2D eigenvalue weighted by molar-refractivity contribution is 0.825. The highest BCUT2D eigenvalue weighted by atomic mass is 32.1. The van der Waals surface area contributed by atoms with Crippen LogP contribution in [0, 0.1) is 20.8 Å². The van der Waals surface area contributed by atoms with Gasteiger partial charge in [-0.3, -0.25) is 0 Å². The Morgan fingerprint density at radius 2 is 1.71 bits per heavy atom. The van der Waals surface area contributed by atoms with Crippen molar-refractivity contribution in [2.45, 2.75) is 33.7 Å². The highest BCUT2D eigenvalue weighted by Gasteiger charge is 2.12. The summed E-state index contributed by atoms with van der Waals surface area (Å²) in [5.41, 5.74) is 10.7. The molecule has 1 unspecified atom stereocenters. The Kier molecular flexibility index (Phi) is 3.31. The zero-order valence-electron chi connectivity index (χ0n) is 10.7. The Morgan fingerprint density at radius 1 is 1.12 bits per heavy atom. The Bertz CT molecular complexity index is 521. The van der Waals surface area contributed by atoms with Crippen molar-refractivity contribution < 1.29 is 0 Å². The summed E-state index contributed by atoms with van der Waals surface area (Å²) in [4.78, 5) is 5.80. The van der Waals surface area contributed by atoms with Crippen LogP contribution < -0.4 is 5.73 Å². The molecule has 1 heterocycles. The Morgan fingerprint density at radius 3 is 2.18 bits per heavy atom. The van der Waals surface area contributed by atoms with Gasteiger partial charge in [0.2, 0.25) is 0 Å². The topological polar surface area (TPSA) is 38.9 Å². The van der Waals surface area contributed by atoms with E-state index >= 15 is 0 Å². The molecule has 1 aromatic heterocycles. The summed E-state index contributed by atoms with van der Waals surface area (Å²) in [6.07, 6.45) is 0. The maximum absolute atomic E-state index is 5.94. The normalized spacial score (nSPS) is 12.8. The molecule has 0 spiro atoms. The molecule has 0 radical (unpaired) electrons. The second-order valence-corrected chi connectivity index (χ2v) is 5.66. The van der Waals surface area contributed by atoms with Crippen molar-refractivity contribution in [3.8, 4) is 10.6 Å².